The molecule has 1 aliphatic rings. The predicted octanol–water partition coefficient (Wildman–Crippen LogP) is 3.15. The molecule has 4 heteroatoms. The van der Waals surface area contributed by atoms with E-state index in [1.807, 2.05) is 30.4 Å². The Bertz CT molecular complexity index is 432. The van der Waals surface area contributed by atoms with Crippen LogP contribution in [0.1, 0.15) is 31.9 Å². The minimum atomic E-state index is 0.200. The summed E-state index contributed by atoms with van der Waals surface area (Å²) in [4.78, 5) is 0. The lowest BCUT2D eigenvalue weighted by molar-refractivity contribution is 0.345. The van der Waals surface area contributed by atoms with E-state index in [2.05, 4.69) is 24.2 Å². The Morgan fingerprint density at radius 1 is 1.53 bits per heavy atom. The van der Waals surface area contributed by atoms with E-state index in [1.54, 1.807) is 0 Å². The summed E-state index contributed by atoms with van der Waals surface area (Å²) in [5.41, 5.74) is 1.05. The van der Waals surface area contributed by atoms with E-state index in [4.69, 9.17) is 0 Å². The normalized spacial score (nSPS) is 28.9. The molecule has 0 radical (unpaired) electrons. The molecule has 1 fully saturated rings. The Morgan fingerprint density at radius 2 is 2.29 bits per heavy atom. The zero-order valence-electron chi connectivity index (χ0n) is 10.7. The second kappa shape index (κ2) is 5.14. The average Bonchev–Trinajstić information content (AvgIpc) is 2.58. The summed E-state index contributed by atoms with van der Waals surface area (Å²) < 4.78 is 1.92. The summed E-state index contributed by atoms with van der Waals surface area (Å²) >= 11 is 1.83. The van der Waals surface area contributed by atoms with Crippen molar-refractivity contribution in [1.82, 2.24) is 9.78 Å². The zero-order chi connectivity index (χ0) is 12.4. The fourth-order valence-electron chi connectivity index (χ4n) is 2.46. The highest BCUT2D eigenvalue weighted by Crippen LogP contribution is 2.39. The van der Waals surface area contributed by atoms with E-state index >= 15 is 0 Å². The van der Waals surface area contributed by atoms with Gasteiger partial charge in [0.2, 0.25) is 0 Å². The summed E-state index contributed by atoms with van der Waals surface area (Å²) in [5.74, 6) is 0.942. The van der Waals surface area contributed by atoms with Crippen molar-refractivity contribution in [2.24, 2.45) is 18.9 Å². The largest absolute Gasteiger partial charge is 0.262 e. The van der Waals surface area contributed by atoms with E-state index < -0.39 is 0 Å². The van der Waals surface area contributed by atoms with E-state index in [0.717, 1.165) is 24.5 Å². The standard InChI is InChI=1S/C13H19N3S/c1-9-4-5-11(8-14)12(6-9)17-13-7-10(2)15-16(13)3/h7,9,11-12H,4-6H2,1-3H3. The van der Waals surface area contributed by atoms with Crippen molar-refractivity contribution in [2.45, 2.75) is 43.4 Å². The van der Waals surface area contributed by atoms with Gasteiger partial charge in [0.05, 0.1) is 22.7 Å². The molecule has 0 aromatic carbocycles. The number of hydrogen-bond acceptors (Lipinski definition) is 3. The Morgan fingerprint density at radius 3 is 2.88 bits per heavy atom. The van der Waals surface area contributed by atoms with Gasteiger partial charge in [-0.15, -0.1) is 11.8 Å². The molecule has 1 aromatic heterocycles. The van der Waals surface area contributed by atoms with Gasteiger partial charge < -0.3 is 0 Å². The Hall–Kier alpha value is -0.950. The van der Waals surface area contributed by atoms with Gasteiger partial charge in [0, 0.05) is 12.3 Å². The third kappa shape index (κ3) is 2.84. The van der Waals surface area contributed by atoms with E-state index in [0.29, 0.717) is 5.25 Å². The van der Waals surface area contributed by atoms with Crippen LogP contribution in [0.5, 0.6) is 0 Å². The molecule has 0 aliphatic heterocycles. The SMILES string of the molecule is Cc1cc(SC2CC(C)CCC2C#N)n(C)n1. The van der Waals surface area contributed by atoms with Gasteiger partial charge in [0.15, 0.2) is 0 Å². The lowest BCUT2D eigenvalue weighted by Crippen LogP contribution is -2.25. The number of nitrogens with zero attached hydrogens (tertiary/aromatic N) is 3. The molecule has 0 amide bonds. The number of nitriles is 1. The maximum atomic E-state index is 9.21. The van der Waals surface area contributed by atoms with Crippen molar-refractivity contribution >= 4 is 11.8 Å². The van der Waals surface area contributed by atoms with Crippen molar-refractivity contribution in [1.29, 1.82) is 5.26 Å². The Labute approximate surface area is 107 Å². The smallest absolute Gasteiger partial charge is 0.0942 e. The zero-order valence-corrected chi connectivity index (χ0v) is 11.5. The van der Waals surface area contributed by atoms with Crippen LogP contribution < -0.4 is 0 Å². The minimum absolute atomic E-state index is 0.200. The summed E-state index contributed by atoms with van der Waals surface area (Å²) in [6, 6.07) is 4.58. The Balaban J connectivity index is 2.10. The first kappa shape index (κ1) is 12.5. The molecular weight excluding hydrogens is 230 g/mol. The molecule has 3 nitrogen and oxygen atoms in total. The van der Waals surface area contributed by atoms with Gasteiger partial charge in [0.25, 0.3) is 0 Å². The molecule has 0 N–H and O–H groups in total. The van der Waals surface area contributed by atoms with Crippen LogP contribution in [0.25, 0.3) is 0 Å². The fourth-order valence-corrected chi connectivity index (χ4v) is 3.99. The first-order valence-electron chi connectivity index (χ1n) is 6.17. The molecule has 92 valence electrons. The van der Waals surface area contributed by atoms with Crippen molar-refractivity contribution in [2.75, 3.05) is 0 Å². The van der Waals surface area contributed by atoms with Gasteiger partial charge in [-0.25, -0.2) is 0 Å². The summed E-state index contributed by atoms with van der Waals surface area (Å²) in [6.07, 6.45) is 3.39. The second-order valence-electron chi connectivity index (χ2n) is 5.06. The second-order valence-corrected chi connectivity index (χ2v) is 6.32. The van der Waals surface area contributed by atoms with Gasteiger partial charge in [-0.1, -0.05) is 6.92 Å². The maximum absolute atomic E-state index is 9.21. The highest BCUT2D eigenvalue weighted by atomic mass is 32.2. The van der Waals surface area contributed by atoms with Crippen molar-refractivity contribution in [3.8, 4) is 6.07 Å². The lowest BCUT2D eigenvalue weighted by atomic mass is 9.83. The summed E-state index contributed by atoms with van der Waals surface area (Å²) in [5, 5.41) is 15.2. The third-order valence-corrected chi connectivity index (χ3v) is 4.90. The van der Waals surface area contributed by atoms with Gasteiger partial charge in [-0.3, -0.25) is 4.68 Å². The molecule has 3 unspecified atom stereocenters. The minimum Gasteiger partial charge on any atom is -0.262 e. The van der Waals surface area contributed by atoms with Crippen molar-refractivity contribution < 1.29 is 0 Å². The highest BCUT2D eigenvalue weighted by molar-refractivity contribution is 7.99. The molecular formula is C13H19N3S. The molecule has 0 spiro atoms. The van der Waals surface area contributed by atoms with E-state index in [9.17, 15) is 5.26 Å². The van der Waals surface area contributed by atoms with Crippen molar-refractivity contribution in [3.63, 3.8) is 0 Å². The van der Waals surface area contributed by atoms with Crippen LogP contribution in [0.4, 0.5) is 0 Å². The van der Waals surface area contributed by atoms with Gasteiger partial charge >= 0.3 is 0 Å². The molecule has 0 saturated heterocycles. The van der Waals surface area contributed by atoms with Gasteiger partial charge in [0.1, 0.15) is 0 Å². The summed E-state index contributed by atoms with van der Waals surface area (Å²) in [7, 11) is 1.98. The van der Waals surface area contributed by atoms with Crippen LogP contribution >= 0.6 is 11.8 Å². The fraction of sp³-hybridized carbons (Fsp3) is 0.692. The van der Waals surface area contributed by atoms with E-state index in [-0.39, 0.29) is 5.92 Å². The molecule has 1 aromatic rings. The number of thioether (sulfide) groups is 1. The monoisotopic (exact) mass is 249 g/mol. The van der Waals surface area contributed by atoms with Gasteiger partial charge in [-0.05, 0) is 38.2 Å². The van der Waals surface area contributed by atoms with Crippen LogP contribution in [0.2, 0.25) is 0 Å². The van der Waals surface area contributed by atoms with Crippen LogP contribution in [-0.4, -0.2) is 15.0 Å². The number of aromatic nitrogens is 2. The maximum Gasteiger partial charge on any atom is 0.0942 e. The molecule has 1 heterocycles. The predicted molar refractivity (Wildman–Crippen MR) is 69.7 cm³/mol. The molecule has 1 saturated carbocycles. The molecule has 3 atom stereocenters. The topological polar surface area (TPSA) is 41.6 Å². The van der Waals surface area contributed by atoms with Crippen LogP contribution in [-0.2, 0) is 7.05 Å². The molecule has 17 heavy (non-hydrogen) atoms. The van der Waals surface area contributed by atoms with Crippen LogP contribution in [0.15, 0.2) is 11.1 Å². The van der Waals surface area contributed by atoms with E-state index in [1.165, 1.54) is 11.4 Å². The third-order valence-electron chi connectivity index (χ3n) is 3.45. The number of rotatable bonds is 2. The summed E-state index contributed by atoms with van der Waals surface area (Å²) in [6.45, 7) is 4.30. The first-order chi connectivity index (χ1) is 8.10. The van der Waals surface area contributed by atoms with Crippen LogP contribution in [0.3, 0.4) is 0 Å². The molecule has 2 rings (SSSR count). The first-order valence-corrected chi connectivity index (χ1v) is 7.05. The average molecular weight is 249 g/mol. The quantitative estimate of drug-likeness (QED) is 0.808. The highest BCUT2D eigenvalue weighted by Gasteiger charge is 2.30. The van der Waals surface area contributed by atoms with Crippen molar-refractivity contribution in [3.05, 3.63) is 11.8 Å². The Kier molecular flexibility index (Phi) is 3.78. The van der Waals surface area contributed by atoms with Crippen LogP contribution in [0, 0.1) is 30.1 Å². The lowest BCUT2D eigenvalue weighted by Gasteiger charge is -2.30. The number of aryl methyl sites for hydroxylation is 2. The number of hydrogen-bond donors (Lipinski definition) is 0. The molecule has 1 aliphatic carbocycles. The molecule has 0 bridgehead atoms. The van der Waals surface area contributed by atoms with Gasteiger partial charge in [-0.2, -0.15) is 10.4 Å².